The van der Waals surface area contributed by atoms with E-state index in [9.17, 15) is 8.42 Å². The summed E-state index contributed by atoms with van der Waals surface area (Å²) in [6.45, 7) is 2.29. The molecular formula is C23H21N3O3S. The molecule has 0 aliphatic carbocycles. The summed E-state index contributed by atoms with van der Waals surface area (Å²) in [5, 5.41) is 10.1. The van der Waals surface area contributed by atoms with E-state index >= 15 is 0 Å². The molecule has 0 radical (unpaired) electrons. The average Bonchev–Trinajstić information content (AvgIpc) is 2.77. The van der Waals surface area contributed by atoms with E-state index < -0.39 is 10.0 Å². The minimum Gasteiger partial charge on any atom is -0.475 e. The highest BCUT2D eigenvalue weighted by atomic mass is 32.2. The number of hydrogen-bond donors (Lipinski definition) is 1. The normalized spacial score (nSPS) is 11.5. The van der Waals surface area contributed by atoms with Gasteiger partial charge in [-0.1, -0.05) is 60.2 Å². The lowest BCUT2D eigenvalue weighted by Crippen LogP contribution is -2.28. The van der Waals surface area contributed by atoms with Gasteiger partial charge in [0.1, 0.15) is 6.61 Å². The van der Waals surface area contributed by atoms with Gasteiger partial charge >= 0.3 is 0 Å². The van der Waals surface area contributed by atoms with Gasteiger partial charge in [-0.3, -0.25) is 0 Å². The molecule has 0 aliphatic heterocycles. The summed E-state index contributed by atoms with van der Waals surface area (Å²) in [5.41, 5.74) is 2.90. The van der Waals surface area contributed by atoms with Crippen LogP contribution in [0, 0.1) is 6.92 Å². The molecule has 0 atom stereocenters. The highest BCUT2D eigenvalue weighted by molar-refractivity contribution is 7.89. The van der Waals surface area contributed by atoms with Gasteiger partial charge < -0.3 is 4.74 Å². The lowest BCUT2D eigenvalue weighted by atomic mass is 10.1. The summed E-state index contributed by atoms with van der Waals surface area (Å²) in [6.07, 6.45) is 0. The van der Waals surface area contributed by atoms with Crippen LogP contribution < -0.4 is 9.46 Å². The predicted molar refractivity (Wildman–Crippen MR) is 117 cm³/mol. The van der Waals surface area contributed by atoms with Crippen molar-refractivity contribution in [3.8, 4) is 17.1 Å². The minimum atomic E-state index is -3.62. The number of nitrogens with zero attached hydrogens (tertiary/aromatic N) is 2. The van der Waals surface area contributed by atoms with Gasteiger partial charge in [0.05, 0.1) is 10.6 Å². The molecule has 0 amide bonds. The molecule has 0 unspecified atom stereocenters. The fraction of sp³-hybridized carbons (Fsp3) is 0.130. The van der Waals surface area contributed by atoms with Crippen LogP contribution in [0.3, 0.4) is 0 Å². The number of aryl methyl sites for hydroxylation is 1. The van der Waals surface area contributed by atoms with E-state index in [1.807, 2.05) is 61.5 Å². The van der Waals surface area contributed by atoms with Gasteiger partial charge in [0.15, 0.2) is 0 Å². The van der Waals surface area contributed by atoms with Crippen molar-refractivity contribution in [3.05, 3.63) is 84.4 Å². The van der Waals surface area contributed by atoms with E-state index in [1.54, 1.807) is 24.3 Å². The van der Waals surface area contributed by atoms with E-state index in [1.165, 1.54) is 5.56 Å². The lowest BCUT2D eigenvalue weighted by Gasteiger charge is -2.09. The fourth-order valence-corrected chi connectivity index (χ4v) is 4.07. The van der Waals surface area contributed by atoms with Crippen molar-refractivity contribution in [1.29, 1.82) is 0 Å². The molecule has 1 N–H and O–H groups in total. The van der Waals surface area contributed by atoms with Crippen molar-refractivity contribution in [2.24, 2.45) is 0 Å². The third kappa shape index (κ3) is 4.64. The molecule has 0 aliphatic rings. The van der Waals surface area contributed by atoms with Gasteiger partial charge in [0.2, 0.25) is 15.9 Å². The SMILES string of the molecule is Cc1ccc(-c2ccc(OCCNS(=O)(=O)c3ccc4ccccc4c3)nn2)cc1. The predicted octanol–water partition coefficient (Wildman–Crippen LogP) is 3.96. The Kier molecular flexibility index (Phi) is 5.74. The van der Waals surface area contributed by atoms with E-state index in [0.29, 0.717) is 5.88 Å². The van der Waals surface area contributed by atoms with Crippen molar-refractivity contribution in [2.75, 3.05) is 13.2 Å². The zero-order valence-corrected chi connectivity index (χ0v) is 17.3. The number of rotatable bonds is 7. The summed E-state index contributed by atoms with van der Waals surface area (Å²) in [4.78, 5) is 0.225. The lowest BCUT2D eigenvalue weighted by molar-refractivity contribution is 0.307. The van der Waals surface area contributed by atoms with Gasteiger partial charge in [0, 0.05) is 18.2 Å². The van der Waals surface area contributed by atoms with Crippen LogP contribution in [-0.4, -0.2) is 31.8 Å². The summed E-state index contributed by atoms with van der Waals surface area (Å²) in [6, 6.07) is 24.2. The topological polar surface area (TPSA) is 81.2 Å². The van der Waals surface area contributed by atoms with Crippen molar-refractivity contribution < 1.29 is 13.2 Å². The first-order valence-electron chi connectivity index (χ1n) is 9.53. The van der Waals surface area contributed by atoms with Crippen molar-refractivity contribution >= 4 is 20.8 Å². The Morgan fingerprint density at radius 2 is 1.63 bits per heavy atom. The molecule has 4 aromatic rings. The Morgan fingerprint density at radius 1 is 0.867 bits per heavy atom. The molecule has 1 aromatic heterocycles. The molecule has 0 spiro atoms. The molecule has 0 saturated heterocycles. The molecule has 3 aromatic carbocycles. The van der Waals surface area contributed by atoms with Crippen LogP contribution in [0.25, 0.3) is 22.0 Å². The Balaban J connectivity index is 1.33. The van der Waals surface area contributed by atoms with Gasteiger partial charge in [-0.15, -0.1) is 10.2 Å². The smallest absolute Gasteiger partial charge is 0.240 e. The van der Waals surface area contributed by atoms with Gasteiger partial charge in [-0.25, -0.2) is 13.1 Å². The molecular weight excluding hydrogens is 398 g/mol. The number of aromatic nitrogens is 2. The monoisotopic (exact) mass is 419 g/mol. The van der Waals surface area contributed by atoms with Crippen LogP contribution in [-0.2, 0) is 10.0 Å². The maximum Gasteiger partial charge on any atom is 0.240 e. The summed E-state index contributed by atoms with van der Waals surface area (Å²) in [5.74, 6) is 0.343. The van der Waals surface area contributed by atoms with Crippen molar-refractivity contribution in [1.82, 2.24) is 14.9 Å². The second-order valence-electron chi connectivity index (χ2n) is 6.88. The molecule has 7 heteroatoms. The quantitative estimate of drug-likeness (QED) is 0.459. The van der Waals surface area contributed by atoms with E-state index in [4.69, 9.17) is 4.74 Å². The maximum absolute atomic E-state index is 12.5. The largest absolute Gasteiger partial charge is 0.475 e. The zero-order valence-electron chi connectivity index (χ0n) is 16.4. The standard InChI is InChI=1S/C23H21N3O3S/c1-17-6-8-19(9-7-17)22-12-13-23(26-25-22)29-15-14-24-30(27,28)21-11-10-18-4-2-3-5-20(18)16-21/h2-13,16,24H,14-15H2,1H3. The van der Waals surface area contributed by atoms with Crippen LogP contribution in [0.5, 0.6) is 5.88 Å². The highest BCUT2D eigenvalue weighted by Crippen LogP contribution is 2.19. The fourth-order valence-electron chi connectivity index (χ4n) is 3.02. The minimum absolute atomic E-state index is 0.122. The Bertz CT molecular complexity index is 1260. The van der Waals surface area contributed by atoms with Gasteiger partial charge in [-0.2, -0.15) is 0 Å². The zero-order chi connectivity index (χ0) is 21.0. The first-order chi connectivity index (χ1) is 14.5. The molecule has 0 bridgehead atoms. The van der Waals surface area contributed by atoms with E-state index in [-0.39, 0.29) is 18.0 Å². The number of benzene rings is 3. The number of fused-ring (bicyclic) bond motifs is 1. The summed E-state index contributed by atoms with van der Waals surface area (Å²) < 4.78 is 33.1. The van der Waals surface area contributed by atoms with Crippen LogP contribution >= 0.6 is 0 Å². The van der Waals surface area contributed by atoms with Gasteiger partial charge in [0.25, 0.3) is 0 Å². The maximum atomic E-state index is 12.5. The second-order valence-corrected chi connectivity index (χ2v) is 8.64. The van der Waals surface area contributed by atoms with Crippen molar-refractivity contribution in [2.45, 2.75) is 11.8 Å². The van der Waals surface area contributed by atoms with Crippen LogP contribution in [0.4, 0.5) is 0 Å². The number of sulfonamides is 1. The second kappa shape index (κ2) is 8.61. The molecule has 6 nitrogen and oxygen atoms in total. The molecule has 1 heterocycles. The average molecular weight is 420 g/mol. The third-order valence-corrected chi connectivity index (χ3v) is 6.12. The van der Waals surface area contributed by atoms with Crippen LogP contribution in [0.2, 0.25) is 0 Å². The number of hydrogen-bond acceptors (Lipinski definition) is 5. The van der Waals surface area contributed by atoms with Crippen LogP contribution in [0.15, 0.2) is 83.8 Å². The number of ether oxygens (including phenoxy) is 1. The Hall–Kier alpha value is -3.29. The molecule has 30 heavy (non-hydrogen) atoms. The molecule has 4 rings (SSSR count). The Labute approximate surface area is 175 Å². The summed E-state index contributed by atoms with van der Waals surface area (Å²) >= 11 is 0. The third-order valence-electron chi connectivity index (χ3n) is 4.66. The van der Waals surface area contributed by atoms with E-state index in [2.05, 4.69) is 14.9 Å². The molecule has 152 valence electrons. The first kappa shape index (κ1) is 20.0. The Morgan fingerprint density at radius 3 is 2.37 bits per heavy atom. The van der Waals surface area contributed by atoms with Crippen molar-refractivity contribution in [3.63, 3.8) is 0 Å². The van der Waals surface area contributed by atoms with Gasteiger partial charge in [-0.05, 0) is 35.9 Å². The van der Waals surface area contributed by atoms with Crippen LogP contribution in [0.1, 0.15) is 5.56 Å². The highest BCUT2D eigenvalue weighted by Gasteiger charge is 2.14. The first-order valence-corrected chi connectivity index (χ1v) is 11.0. The van der Waals surface area contributed by atoms with E-state index in [0.717, 1.165) is 22.0 Å². The number of nitrogens with one attached hydrogen (secondary N) is 1. The molecule has 0 fully saturated rings. The molecule has 0 saturated carbocycles. The summed E-state index contributed by atoms with van der Waals surface area (Å²) in [7, 11) is -3.62.